The van der Waals surface area contributed by atoms with Gasteiger partial charge in [-0.1, -0.05) is 48.5 Å². The molecule has 0 saturated carbocycles. The zero-order chi connectivity index (χ0) is 24.8. The molecule has 2 amide bonds. The summed E-state index contributed by atoms with van der Waals surface area (Å²) in [6, 6.07) is 13.9. The molecule has 0 saturated heterocycles. The smallest absolute Gasteiger partial charge is 0.407 e. The van der Waals surface area contributed by atoms with Gasteiger partial charge < -0.3 is 24.8 Å². The third kappa shape index (κ3) is 5.54. The van der Waals surface area contributed by atoms with Crippen molar-refractivity contribution in [1.29, 1.82) is 0 Å². The third-order valence-electron chi connectivity index (χ3n) is 5.75. The number of aliphatic carboxylic acids is 1. The Balaban J connectivity index is 1.71. The fourth-order valence-corrected chi connectivity index (χ4v) is 4.08. The number of hydrogen-bond acceptors (Lipinski definition) is 6. The van der Waals surface area contributed by atoms with Gasteiger partial charge in [0.2, 0.25) is 5.91 Å². The lowest BCUT2D eigenvalue weighted by atomic mass is 9.98. The molecule has 2 aromatic rings. The summed E-state index contributed by atoms with van der Waals surface area (Å²) in [6.07, 6.45) is -1.57. The average Bonchev–Trinajstić information content (AvgIpc) is 3.13. The first-order valence-corrected chi connectivity index (χ1v) is 10.9. The Kier molecular flexibility index (Phi) is 7.88. The highest BCUT2D eigenvalue weighted by Crippen LogP contribution is 2.44. The second kappa shape index (κ2) is 10.8. The van der Waals surface area contributed by atoms with E-state index in [1.807, 2.05) is 48.5 Å². The largest absolute Gasteiger partial charge is 0.481 e. The van der Waals surface area contributed by atoms with Gasteiger partial charge in [-0.15, -0.1) is 0 Å². The van der Waals surface area contributed by atoms with Crippen molar-refractivity contribution in [2.24, 2.45) is 0 Å². The van der Waals surface area contributed by atoms with Crippen LogP contribution in [0.4, 0.5) is 4.79 Å². The van der Waals surface area contributed by atoms with Gasteiger partial charge in [0.1, 0.15) is 19.2 Å². The van der Waals surface area contributed by atoms with Crippen LogP contribution in [0.2, 0.25) is 0 Å². The predicted octanol–water partition coefficient (Wildman–Crippen LogP) is 2.78. The Bertz CT molecular complexity index is 1040. The predicted molar refractivity (Wildman–Crippen MR) is 123 cm³/mol. The number of alkyl carbamates (subject to hydrolysis) is 1. The fraction of sp³-hybridized carbons (Fsp3) is 0.360. The number of rotatable bonds is 9. The van der Waals surface area contributed by atoms with Gasteiger partial charge in [-0.25, -0.2) is 4.79 Å². The highest BCUT2D eigenvalue weighted by molar-refractivity contribution is 5.91. The maximum absolute atomic E-state index is 13.0. The van der Waals surface area contributed by atoms with Crippen molar-refractivity contribution in [1.82, 2.24) is 10.2 Å². The standard InChI is InChI=1S/C25H28N2O7/c1-15(2)27(13-23(30)33-3)24(31)21(12-22(28)29)26-25(32)34-14-20-18-10-6-4-8-16(18)17-9-5-7-11-19(17)20/h4-11,15,20-21H,12-14H2,1-3H3,(H,26,32)(H,28,29). The number of nitrogens with one attached hydrogen (secondary N) is 1. The minimum atomic E-state index is -1.40. The van der Waals surface area contributed by atoms with Crippen LogP contribution in [-0.2, 0) is 23.9 Å². The van der Waals surface area contributed by atoms with E-state index in [1.165, 1.54) is 7.11 Å². The van der Waals surface area contributed by atoms with E-state index in [-0.39, 0.29) is 19.1 Å². The molecule has 1 unspecified atom stereocenters. The van der Waals surface area contributed by atoms with Gasteiger partial charge in [-0.05, 0) is 36.1 Å². The number of carbonyl (C=O) groups is 4. The van der Waals surface area contributed by atoms with Crippen LogP contribution < -0.4 is 5.32 Å². The van der Waals surface area contributed by atoms with Crippen molar-refractivity contribution in [2.45, 2.75) is 38.3 Å². The van der Waals surface area contributed by atoms with E-state index in [0.717, 1.165) is 27.2 Å². The average molecular weight is 469 g/mol. The van der Waals surface area contributed by atoms with Crippen molar-refractivity contribution in [3.05, 3.63) is 59.7 Å². The number of benzene rings is 2. The summed E-state index contributed by atoms with van der Waals surface area (Å²) in [5.74, 6) is -2.83. The molecule has 34 heavy (non-hydrogen) atoms. The molecule has 1 aliphatic rings. The van der Waals surface area contributed by atoms with E-state index in [4.69, 9.17) is 4.74 Å². The van der Waals surface area contributed by atoms with Crippen LogP contribution in [-0.4, -0.2) is 66.3 Å². The van der Waals surface area contributed by atoms with E-state index in [0.29, 0.717) is 0 Å². The van der Waals surface area contributed by atoms with Crippen LogP contribution in [0.25, 0.3) is 11.1 Å². The number of nitrogens with zero attached hydrogens (tertiary/aromatic N) is 1. The lowest BCUT2D eigenvalue weighted by Crippen LogP contribution is -2.53. The molecule has 0 aliphatic heterocycles. The monoisotopic (exact) mass is 468 g/mol. The summed E-state index contributed by atoms with van der Waals surface area (Å²) in [6.45, 7) is 3.00. The molecule has 0 radical (unpaired) electrons. The summed E-state index contributed by atoms with van der Waals surface area (Å²) in [5.41, 5.74) is 4.19. The quantitative estimate of drug-likeness (QED) is 0.543. The van der Waals surface area contributed by atoms with E-state index in [2.05, 4.69) is 10.1 Å². The Labute approximate surface area is 197 Å². The topological polar surface area (TPSA) is 122 Å². The lowest BCUT2D eigenvalue weighted by Gasteiger charge is -2.29. The van der Waals surface area contributed by atoms with E-state index < -0.39 is 42.4 Å². The molecule has 0 aromatic heterocycles. The third-order valence-corrected chi connectivity index (χ3v) is 5.75. The Morgan fingerprint density at radius 1 is 1.00 bits per heavy atom. The molecular formula is C25H28N2O7. The highest BCUT2D eigenvalue weighted by atomic mass is 16.5. The molecule has 9 heteroatoms. The zero-order valence-corrected chi connectivity index (χ0v) is 19.3. The molecule has 2 aromatic carbocycles. The maximum atomic E-state index is 13.0. The molecule has 0 spiro atoms. The number of carboxylic acids is 1. The molecule has 0 heterocycles. The van der Waals surface area contributed by atoms with Crippen molar-refractivity contribution in [2.75, 3.05) is 20.3 Å². The first kappa shape index (κ1) is 24.8. The highest BCUT2D eigenvalue weighted by Gasteiger charge is 2.33. The minimum Gasteiger partial charge on any atom is -0.481 e. The van der Waals surface area contributed by atoms with Crippen molar-refractivity contribution >= 4 is 23.9 Å². The number of ether oxygens (including phenoxy) is 2. The van der Waals surface area contributed by atoms with Crippen molar-refractivity contribution < 1.29 is 33.8 Å². The molecule has 0 bridgehead atoms. The summed E-state index contributed by atoms with van der Waals surface area (Å²) in [5, 5.41) is 11.6. The summed E-state index contributed by atoms with van der Waals surface area (Å²) >= 11 is 0. The summed E-state index contributed by atoms with van der Waals surface area (Å²) in [4.78, 5) is 49.8. The van der Waals surface area contributed by atoms with Crippen LogP contribution in [0.5, 0.6) is 0 Å². The van der Waals surface area contributed by atoms with E-state index >= 15 is 0 Å². The van der Waals surface area contributed by atoms with Crippen LogP contribution >= 0.6 is 0 Å². The number of hydrogen-bond donors (Lipinski definition) is 2. The minimum absolute atomic E-state index is 0.0178. The van der Waals surface area contributed by atoms with Crippen LogP contribution in [0.3, 0.4) is 0 Å². The Morgan fingerprint density at radius 2 is 1.56 bits per heavy atom. The first-order chi connectivity index (χ1) is 16.2. The van der Waals surface area contributed by atoms with Crippen molar-refractivity contribution in [3.8, 4) is 11.1 Å². The van der Waals surface area contributed by atoms with Crippen LogP contribution in [0, 0.1) is 0 Å². The normalized spacial score (nSPS) is 12.9. The van der Waals surface area contributed by atoms with Gasteiger partial charge >= 0.3 is 18.0 Å². The second-order valence-corrected chi connectivity index (χ2v) is 8.26. The van der Waals surface area contributed by atoms with Gasteiger partial charge in [-0.2, -0.15) is 0 Å². The number of esters is 1. The van der Waals surface area contributed by atoms with Crippen molar-refractivity contribution in [3.63, 3.8) is 0 Å². The zero-order valence-electron chi connectivity index (χ0n) is 19.3. The summed E-state index contributed by atoms with van der Waals surface area (Å²) < 4.78 is 10.1. The summed E-state index contributed by atoms with van der Waals surface area (Å²) in [7, 11) is 1.19. The van der Waals surface area contributed by atoms with Gasteiger partial charge in [0.25, 0.3) is 0 Å². The molecule has 1 atom stereocenters. The Morgan fingerprint density at radius 3 is 2.06 bits per heavy atom. The molecule has 9 nitrogen and oxygen atoms in total. The molecule has 0 fully saturated rings. The number of carboxylic acid groups (broad SMARTS) is 1. The number of amides is 2. The lowest BCUT2D eigenvalue weighted by molar-refractivity contribution is -0.150. The van der Waals surface area contributed by atoms with Gasteiger partial charge in [0.05, 0.1) is 13.5 Å². The van der Waals surface area contributed by atoms with Gasteiger partial charge in [0.15, 0.2) is 0 Å². The fourth-order valence-electron chi connectivity index (χ4n) is 4.08. The van der Waals surface area contributed by atoms with E-state index in [9.17, 15) is 24.3 Å². The molecule has 3 rings (SSSR count). The number of methoxy groups -OCH3 is 1. The van der Waals surface area contributed by atoms with Gasteiger partial charge in [-0.3, -0.25) is 14.4 Å². The van der Waals surface area contributed by atoms with E-state index in [1.54, 1.807) is 13.8 Å². The molecule has 180 valence electrons. The maximum Gasteiger partial charge on any atom is 0.407 e. The first-order valence-electron chi connectivity index (χ1n) is 10.9. The second-order valence-electron chi connectivity index (χ2n) is 8.26. The van der Waals surface area contributed by atoms with Gasteiger partial charge in [0, 0.05) is 12.0 Å². The Hall–Kier alpha value is -3.88. The number of carbonyl (C=O) groups excluding carboxylic acids is 3. The molecule has 1 aliphatic carbocycles. The molecule has 2 N–H and O–H groups in total. The van der Waals surface area contributed by atoms with Crippen LogP contribution in [0.1, 0.15) is 37.3 Å². The SMILES string of the molecule is COC(=O)CN(C(=O)C(CC(=O)O)NC(=O)OCC1c2ccccc2-c2ccccc21)C(C)C. The molecular weight excluding hydrogens is 440 g/mol. The van der Waals surface area contributed by atoms with Crippen LogP contribution in [0.15, 0.2) is 48.5 Å². The number of fused-ring (bicyclic) bond motifs is 3.